The van der Waals surface area contributed by atoms with E-state index < -0.39 is 0 Å². The Labute approximate surface area is 260 Å². The van der Waals surface area contributed by atoms with Gasteiger partial charge in [-0.25, -0.2) is 19.9 Å². The van der Waals surface area contributed by atoms with Crippen LogP contribution in [0.15, 0.2) is 162 Å². The molecule has 2 aromatic heterocycles. The van der Waals surface area contributed by atoms with Crippen molar-refractivity contribution in [2.45, 2.75) is 0 Å². The number of fused-ring (bicyclic) bond motifs is 1. The second kappa shape index (κ2) is 11.5. The predicted molar refractivity (Wildman–Crippen MR) is 180 cm³/mol. The molecule has 8 rings (SSSR count). The van der Waals surface area contributed by atoms with E-state index in [4.69, 9.17) is 24.4 Å². The van der Waals surface area contributed by atoms with Crippen molar-refractivity contribution in [1.82, 2.24) is 19.9 Å². The standard InChI is InChI=1S/C40H26N4O/c1-5-13-27(14-6-1)32-23-33(31-21-22-35-36(26-31)45-40(41-35)30-19-11-4-12-20-30)25-34(24-32)39-43-37(28-15-7-2-8-16-28)42-38(44-39)29-17-9-3-10-18-29/h1-26H. The molecule has 0 saturated carbocycles. The Morgan fingerprint density at radius 2 is 0.756 bits per heavy atom. The van der Waals surface area contributed by atoms with E-state index in [0.717, 1.165) is 55.6 Å². The van der Waals surface area contributed by atoms with Gasteiger partial charge in [-0.2, -0.15) is 0 Å². The summed E-state index contributed by atoms with van der Waals surface area (Å²) in [5.41, 5.74) is 9.46. The van der Waals surface area contributed by atoms with E-state index in [-0.39, 0.29) is 0 Å². The minimum Gasteiger partial charge on any atom is -0.436 e. The summed E-state index contributed by atoms with van der Waals surface area (Å²) in [6.45, 7) is 0. The lowest BCUT2D eigenvalue weighted by Gasteiger charge is -2.12. The zero-order valence-electron chi connectivity index (χ0n) is 24.2. The minimum absolute atomic E-state index is 0.605. The second-order valence-corrected chi connectivity index (χ2v) is 10.8. The average Bonchev–Trinajstić information content (AvgIpc) is 3.57. The van der Waals surface area contributed by atoms with Gasteiger partial charge < -0.3 is 4.42 Å². The average molecular weight is 579 g/mol. The molecule has 0 atom stereocenters. The first kappa shape index (κ1) is 26.4. The van der Waals surface area contributed by atoms with Gasteiger partial charge in [-0.15, -0.1) is 0 Å². The third-order valence-corrected chi connectivity index (χ3v) is 7.74. The van der Waals surface area contributed by atoms with Gasteiger partial charge in [0.1, 0.15) is 5.52 Å². The molecule has 0 aliphatic heterocycles. The highest BCUT2D eigenvalue weighted by Gasteiger charge is 2.16. The molecule has 0 radical (unpaired) electrons. The maximum atomic E-state index is 6.23. The summed E-state index contributed by atoms with van der Waals surface area (Å²) in [5.74, 6) is 2.47. The van der Waals surface area contributed by atoms with Crippen LogP contribution < -0.4 is 0 Å². The molecule has 0 fully saturated rings. The lowest BCUT2D eigenvalue weighted by atomic mass is 9.95. The van der Waals surface area contributed by atoms with Crippen LogP contribution in [0.1, 0.15) is 0 Å². The molecular weight excluding hydrogens is 552 g/mol. The van der Waals surface area contributed by atoms with Gasteiger partial charge in [-0.1, -0.05) is 115 Å². The fourth-order valence-corrected chi connectivity index (χ4v) is 5.47. The Kier molecular flexibility index (Phi) is 6.74. The first-order valence-corrected chi connectivity index (χ1v) is 14.8. The van der Waals surface area contributed by atoms with Crippen LogP contribution in [0.4, 0.5) is 0 Å². The van der Waals surface area contributed by atoms with E-state index in [0.29, 0.717) is 23.4 Å². The van der Waals surface area contributed by atoms with Crippen LogP contribution in [-0.4, -0.2) is 19.9 Å². The summed E-state index contributed by atoms with van der Waals surface area (Å²) >= 11 is 0. The van der Waals surface area contributed by atoms with Crippen molar-refractivity contribution in [2.24, 2.45) is 0 Å². The van der Waals surface area contributed by atoms with E-state index >= 15 is 0 Å². The molecule has 0 N–H and O–H groups in total. The van der Waals surface area contributed by atoms with Gasteiger partial charge in [0.2, 0.25) is 5.89 Å². The lowest BCUT2D eigenvalue weighted by Crippen LogP contribution is -2.00. The molecule has 0 aliphatic rings. The molecule has 6 aromatic carbocycles. The van der Waals surface area contributed by atoms with Gasteiger partial charge in [0, 0.05) is 22.3 Å². The molecule has 212 valence electrons. The SMILES string of the molecule is c1ccc(-c2cc(-c3ccc4nc(-c5ccccc5)oc4c3)cc(-c3nc(-c4ccccc4)nc(-c4ccccc4)n3)c2)cc1. The number of rotatable bonds is 6. The summed E-state index contributed by atoms with van der Waals surface area (Å²) in [4.78, 5) is 19.6. The Morgan fingerprint density at radius 3 is 1.31 bits per heavy atom. The van der Waals surface area contributed by atoms with Gasteiger partial charge in [-0.3, -0.25) is 0 Å². The van der Waals surface area contributed by atoms with Gasteiger partial charge in [0.15, 0.2) is 23.1 Å². The summed E-state index contributed by atoms with van der Waals surface area (Å²) in [5, 5.41) is 0. The van der Waals surface area contributed by atoms with Crippen molar-refractivity contribution in [3.8, 4) is 67.9 Å². The lowest BCUT2D eigenvalue weighted by molar-refractivity contribution is 0.620. The highest BCUT2D eigenvalue weighted by Crippen LogP contribution is 2.35. The van der Waals surface area contributed by atoms with Crippen molar-refractivity contribution in [3.63, 3.8) is 0 Å². The van der Waals surface area contributed by atoms with Crippen molar-refractivity contribution in [3.05, 3.63) is 158 Å². The zero-order chi connectivity index (χ0) is 30.0. The third-order valence-electron chi connectivity index (χ3n) is 7.74. The number of hydrogen-bond donors (Lipinski definition) is 0. The minimum atomic E-state index is 0.605. The second-order valence-electron chi connectivity index (χ2n) is 10.8. The summed E-state index contributed by atoms with van der Waals surface area (Å²) in [7, 11) is 0. The van der Waals surface area contributed by atoms with E-state index in [2.05, 4.69) is 54.6 Å². The molecule has 0 aliphatic carbocycles. The first-order valence-electron chi connectivity index (χ1n) is 14.8. The van der Waals surface area contributed by atoms with Crippen LogP contribution in [-0.2, 0) is 0 Å². The molecule has 5 heteroatoms. The molecule has 2 heterocycles. The number of benzene rings is 6. The highest BCUT2D eigenvalue weighted by molar-refractivity contribution is 5.86. The molecule has 45 heavy (non-hydrogen) atoms. The molecule has 0 saturated heterocycles. The van der Waals surface area contributed by atoms with Crippen LogP contribution >= 0.6 is 0 Å². The number of hydrogen-bond acceptors (Lipinski definition) is 5. The monoisotopic (exact) mass is 578 g/mol. The molecule has 0 unspecified atom stereocenters. The van der Waals surface area contributed by atoms with E-state index in [9.17, 15) is 0 Å². The van der Waals surface area contributed by atoms with E-state index in [1.807, 2.05) is 103 Å². The van der Waals surface area contributed by atoms with Crippen LogP contribution in [0.2, 0.25) is 0 Å². The zero-order valence-corrected chi connectivity index (χ0v) is 24.2. The summed E-state index contributed by atoms with van der Waals surface area (Å²) in [6.07, 6.45) is 0. The predicted octanol–water partition coefficient (Wildman–Crippen LogP) is 10.0. The number of oxazole rings is 1. The Balaban J connectivity index is 1.30. The van der Waals surface area contributed by atoms with Crippen molar-refractivity contribution in [2.75, 3.05) is 0 Å². The van der Waals surface area contributed by atoms with Crippen molar-refractivity contribution in [1.29, 1.82) is 0 Å². The van der Waals surface area contributed by atoms with Crippen molar-refractivity contribution >= 4 is 11.1 Å². The van der Waals surface area contributed by atoms with Gasteiger partial charge in [-0.05, 0) is 64.7 Å². The molecule has 8 aromatic rings. The summed E-state index contributed by atoms with van der Waals surface area (Å²) < 4.78 is 6.23. The Hall–Kier alpha value is -6.20. The highest BCUT2D eigenvalue weighted by atomic mass is 16.3. The Bertz CT molecular complexity index is 2190. The molecular formula is C40H26N4O. The summed E-state index contributed by atoms with van der Waals surface area (Å²) in [6, 6.07) is 53.1. The largest absolute Gasteiger partial charge is 0.436 e. The molecule has 0 amide bonds. The topological polar surface area (TPSA) is 64.7 Å². The van der Waals surface area contributed by atoms with Gasteiger partial charge in [0.05, 0.1) is 0 Å². The maximum absolute atomic E-state index is 6.23. The third kappa shape index (κ3) is 5.39. The fraction of sp³-hybridized carbons (Fsp3) is 0. The van der Waals surface area contributed by atoms with E-state index in [1.54, 1.807) is 0 Å². The normalized spacial score (nSPS) is 11.1. The Morgan fingerprint density at radius 1 is 0.311 bits per heavy atom. The van der Waals surface area contributed by atoms with Crippen LogP contribution in [0.25, 0.3) is 79.0 Å². The number of nitrogens with zero attached hydrogens (tertiary/aromatic N) is 4. The van der Waals surface area contributed by atoms with Crippen LogP contribution in [0.5, 0.6) is 0 Å². The van der Waals surface area contributed by atoms with Crippen molar-refractivity contribution < 1.29 is 4.42 Å². The van der Waals surface area contributed by atoms with E-state index in [1.165, 1.54) is 0 Å². The molecule has 5 nitrogen and oxygen atoms in total. The van der Waals surface area contributed by atoms with Gasteiger partial charge >= 0.3 is 0 Å². The quantitative estimate of drug-likeness (QED) is 0.196. The first-order chi connectivity index (χ1) is 22.3. The molecule has 0 bridgehead atoms. The maximum Gasteiger partial charge on any atom is 0.227 e. The van der Waals surface area contributed by atoms with Crippen LogP contribution in [0.3, 0.4) is 0 Å². The van der Waals surface area contributed by atoms with Gasteiger partial charge in [0.25, 0.3) is 0 Å². The smallest absolute Gasteiger partial charge is 0.227 e. The number of aromatic nitrogens is 4. The van der Waals surface area contributed by atoms with Crippen LogP contribution in [0, 0.1) is 0 Å². The molecule has 0 spiro atoms. The fourth-order valence-electron chi connectivity index (χ4n) is 5.47.